The fourth-order valence-corrected chi connectivity index (χ4v) is 3.91. The van der Waals surface area contributed by atoms with Crippen molar-refractivity contribution in [3.8, 4) is 0 Å². The number of hydrogen-bond acceptors (Lipinski definition) is 8. The number of carboxylic acids is 1. The van der Waals surface area contributed by atoms with Crippen LogP contribution in [0.4, 0.5) is 0 Å². The molecule has 0 heterocycles. The van der Waals surface area contributed by atoms with Crippen LogP contribution in [0.2, 0.25) is 0 Å². The van der Waals surface area contributed by atoms with E-state index in [0.29, 0.717) is 11.5 Å². The molecular formula is C22H34N4O6S2. The third kappa shape index (κ3) is 10.8. The van der Waals surface area contributed by atoms with Crippen molar-refractivity contribution in [3.63, 3.8) is 0 Å². The maximum absolute atomic E-state index is 13.1. The molecule has 34 heavy (non-hydrogen) atoms. The molecule has 0 saturated carbocycles. The van der Waals surface area contributed by atoms with Gasteiger partial charge in [0.1, 0.15) is 24.2 Å². The molecule has 1 rings (SSSR count). The van der Waals surface area contributed by atoms with Gasteiger partial charge in [-0.3, -0.25) is 14.4 Å². The van der Waals surface area contributed by atoms with E-state index in [2.05, 4.69) is 16.0 Å². The summed E-state index contributed by atoms with van der Waals surface area (Å²) in [7, 11) is 0. The van der Waals surface area contributed by atoms with Gasteiger partial charge >= 0.3 is 5.97 Å². The lowest BCUT2D eigenvalue weighted by Gasteiger charge is -2.25. The minimum absolute atomic E-state index is 0.138. The van der Waals surface area contributed by atoms with Gasteiger partial charge in [0.15, 0.2) is 0 Å². The molecule has 4 atom stereocenters. The zero-order valence-corrected chi connectivity index (χ0v) is 21.0. The summed E-state index contributed by atoms with van der Waals surface area (Å²) in [6, 6.07) is 4.67. The standard InChI is InChI=1S/C22H34N4O6S2/c1-33-10-8-16(20(29)25-17(22(31)32)9-11-34-2)24-21(30)18(26-19(28)15(23)13-27)12-14-6-4-3-5-7-14/h3-7,15-18,27H,8-13,23H2,1-2H3,(H,24,30)(H,25,29)(H,26,28)(H,31,32). The van der Waals surface area contributed by atoms with E-state index < -0.39 is 54.5 Å². The smallest absolute Gasteiger partial charge is 0.326 e. The Morgan fingerprint density at radius 1 is 0.853 bits per heavy atom. The molecule has 1 aromatic rings. The Hall–Kier alpha value is -2.28. The Balaban J connectivity index is 3.02. The third-order valence-corrected chi connectivity index (χ3v) is 6.21. The highest BCUT2D eigenvalue weighted by Crippen LogP contribution is 2.08. The lowest BCUT2D eigenvalue weighted by molar-refractivity contribution is -0.142. The predicted molar refractivity (Wildman–Crippen MR) is 135 cm³/mol. The van der Waals surface area contributed by atoms with E-state index in [-0.39, 0.29) is 19.3 Å². The molecule has 0 aliphatic heterocycles. The van der Waals surface area contributed by atoms with Gasteiger partial charge in [-0.25, -0.2) is 4.79 Å². The molecule has 3 amide bonds. The van der Waals surface area contributed by atoms with E-state index in [1.807, 2.05) is 18.6 Å². The van der Waals surface area contributed by atoms with Crippen LogP contribution in [-0.2, 0) is 25.6 Å². The molecule has 12 heteroatoms. The number of aliphatic carboxylic acids is 1. The van der Waals surface area contributed by atoms with Crippen LogP contribution in [0.3, 0.4) is 0 Å². The van der Waals surface area contributed by atoms with Crippen LogP contribution >= 0.6 is 23.5 Å². The van der Waals surface area contributed by atoms with Gasteiger partial charge in [-0.1, -0.05) is 30.3 Å². The van der Waals surface area contributed by atoms with Crippen molar-refractivity contribution in [3.05, 3.63) is 35.9 Å². The molecular weight excluding hydrogens is 480 g/mol. The number of amides is 3. The van der Waals surface area contributed by atoms with E-state index in [9.17, 15) is 24.3 Å². The molecule has 190 valence electrons. The van der Waals surface area contributed by atoms with Gasteiger partial charge in [-0.15, -0.1) is 0 Å². The topological polar surface area (TPSA) is 171 Å². The summed E-state index contributed by atoms with van der Waals surface area (Å²) in [5.41, 5.74) is 6.35. The Morgan fingerprint density at radius 3 is 1.88 bits per heavy atom. The number of carbonyl (C=O) groups excluding carboxylic acids is 3. The van der Waals surface area contributed by atoms with Crippen LogP contribution < -0.4 is 21.7 Å². The number of nitrogens with one attached hydrogen (secondary N) is 3. The molecule has 0 aromatic heterocycles. The summed E-state index contributed by atoms with van der Waals surface area (Å²) in [6.45, 7) is -0.586. The molecule has 0 aliphatic carbocycles. The van der Waals surface area contributed by atoms with Crippen molar-refractivity contribution in [2.45, 2.75) is 43.4 Å². The number of benzene rings is 1. The average Bonchev–Trinajstić information content (AvgIpc) is 2.83. The second-order valence-electron chi connectivity index (χ2n) is 7.56. The normalized spacial score (nSPS) is 14.4. The van der Waals surface area contributed by atoms with Crippen LogP contribution in [0, 0.1) is 0 Å². The van der Waals surface area contributed by atoms with Crippen molar-refractivity contribution in [1.82, 2.24) is 16.0 Å². The van der Waals surface area contributed by atoms with Crippen LogP contribution in [0.5, 0.6) is 0 Å². The summed E-state index contributed by atoms with van der Waals surface area (Å²) in [5.74, 6) is -1.97. The van der Waals surface area contributed by atoms with E-state index in [0.717, 1.165) is 5.56 Å². The molecule has 7 N–H and O–H groups in total. The van der Waals surface area contributed by atoms with Crippen LogP contribution in [-0.4, -0.2) is 88.7 Å². The highest BCUT2D eigenvalue weighted by atomic mass is 32.2. The van der Waals surface area contributed by atoms with Crippen molar-refractivity contribution >= 4 is 47.2 Å². The van der Waals surface area contributed by atoms with E-state index in [1.165, 1.54) is 23.5 Å². The molecule has 0 spiro atoms. The fraction of sp³-hybridized carbons (Fsp3) is 0.545. The summed E-state index contributed by atoms with van der Waals surface area (Å²) in [4.78, 5) is 49.8. The zero-order chi connectivity index (χ0) is 25.5. The SMILES string of the molecule is CSCCC(NC(=O)C(CCSC)NC(=O)C(Cc1ccccc1)NC(=O)C(N)CO)C(=O)O. The fourth-order valence-electron chi connectivity index (χ4n) is 2.96. The van der Waals surface area contributed by atoms with E-state index in [4.69, 9.17) is 10.8 Å². The lowest BCUT2D eigenvalue weighted by Crippen LogP contribution is -2.58. The molecule has 0 radical (unpaired) electrons. The molecule has 0 fully saturated rings. The number of rotatable bonds is 16. The van der Waals surface area contributed by atoms with Gasteiger partial charge in [-0.2, -0.15) is 23.5 Å². The Bertz CT molecular complexity index is 799. The Labute approximate surface area is 208 Å². The average molecular weight is 515 g/mol. The number of thioether (sulfide) groups is 2. The molecule has 0 bridgehead atoms. The van der Waals surface area contributed by atoms with Gasteiger partial charge in [0.2, 0.25) is 17.7 Å². The second-order valence-corrected chi connectivity index (χ2v) is 9.53. The summed E-state index contributed by atoms with van der Waals surface area (Å²) >= 11 is 2.94. The molecule has 10 nitrogen and oxygen atoms in total. The van der Waals surface area contributed by atoms with Crippen molar-refractivity contribution in [2.75, 3.05) is 30.6 Å². The molecule has 0 aliphatic rings. The molecule has 1 aromatic carbocycles. The first kappa shape index (κ1) is 29.8. The maximum Gasteiger partial charge on any atom is 0.326 e. The Morgan fingerprint density at radius 2 is 1.35 bits per heavy atom. The monoisotopic (exact) mass is 514 g/mol. The number of carboxylic acid groups (broad SMARTS) is 1. The number of aliphatic hydroxyl groups excluding tert-OH is 1. The first-order valence-corrected chi connectivity index (χ1v) is 13.5. The maximum atomic E-state index is 13.1. The van der Waals surface area contributed by atoms with Gasteiger partial charge in [0.05, 0.1) is 6.61 Å². The number of carbonyl (C=O) groups is 4. The second kappa shape index (κ2) is 16.4. The quantitative estimate of drug-likeness (QED) is 0.172. The van der Waals surface area contributed by atoms with Crippen molar-refractivity contribution in [1.29, 1.82) is 0 Å². The highest BCUT2D eigenvalue weighted by molar-refractivity contribution is 7.98. The minimum atomic E-state index is -1.20. The zero-order valence-electron chi connectivity index (χ0n) is 19.4. The van der Waals surface area contributed by atoms with Crippen molar-refractivity contribution < 1.29 is 29.4 Å². The lowest BCUT2D eigenvalue weighted by atomic mass is 10.0. The van der Waals surface area contributed by atoms with E-state index in [1.54, 1.807) is 24.3 Å². The summed E-state index contributed by atoms with van der Waals surface area (Å²) in [5, 5.41) is 26.3. The number of nitrogens with two attached hydrogens (primary N) is 1. The first-order valence-electron chi connectivity index (χ1n) is 10.8. The van der Waals surface area contributed by atoms with Crippen LogP contribution in [0.15, 0.2) is 30.3 Å². The summed E-state index contributed by atoms with van der Waals surface area (Å²) < 4.78 is 0. The van der Waals surface area contributed by atoms with Gasteiger partial charge in [0.25, 0.3) is 0 Å². The summed E-state index contributed by atoms with van der Waals surface area (Å²) in [6.07, 6.45) is 4.35. The molecule has 0 saturated heterocycles. The van der Waals surface area contributed by atoms with Gasteiger partial charge in [0, 0.05) is 6.42 Å². The minimum Gasteiger partial charge on any atom is -0.480 e. The third-order valence-electron chi connectivity index (χ3n) is 4.92. The van der Waals surface area contributed by atoms with Gasteiger partial charge < -0.3 is 31.9 Å². The number of hydrogen-bond donors (Lipinski definition) is 6. The molecule has 4 unspecified atom stereocenters. The van der Waals surface area contributed by atoms with Crippen LogP contribution in [0.1, 0.15) is 18.4 Å². The highest BCUT2D eigenvalue weighted by Gasteiger charge is 2.30. The van der Waals surface area contributed by atoms with Crippen molar-refractivity contribution in [2.24, 2.45) is 5.73 Å². The van der Waals surface area contributed by atoms with Gasteiger partial charge in [-0.05, 0) is 42.4 Å². The van der Waals surface area contributed by atoms with E-state index >= 15 is 0 Å². The Kier molecular flexibility index (Phi) is 14.3. The number of aliphatic hydroxyl groups is 1. The largest absolute Gasteiger partial charge is 0.480 e. The predicted octanol–water partition coefficient (Wildman–Crippen LogP) is -0.406. The first-order chi connectivity index (χ1) is 16.2. The van der Waals surface area contributed by atoms with Crippen LogP contribution in [0.25, 0.3) is 0 Å².